The van der Waals surface area contributed by atoms with Crippen molar-refractivity contribution >= 4 is 5.97 Å². The Hall–Kier alpha value is -2.24. The lowest BCUT2D eigenvalue weighted by molar-refractivity contribution is -0.144. The average Bonchev–Trinajstić information content (AvgIpc) is 3.52. The summed E-state index contributed by atoms with van der Waals surface area (Å²) in [5.41, 5.74) is 3.05. The van der Waals surface area contributed by atoms with Crippen LogP contribution < -0.4 is 0 Å². The zero-order valence-corrected chi connectivity index (χ0v) is 23.3. The quantitative estimate of drug-likeness (QED) is 0.354. The average molecular weight is 533 g/mol. The minimum atomic E-state index is -0.689. The molecule has 0 spiro atoms. The molecule has 0 amide bonds. The molecular weight excluding hydrogens is 487 g/mol. The van der Waals surface area contributed by atoms with Gasteiger partial charge in [-0.25, -0.2) is 4.39 Å². The van der Waals surface area contributed by atoms with Crippen LogP contribution in [0.2, 0.25) is 0 Å². The number of carboxylic acids is 1. The van der Waals surface area contributed by atoms with Crippen LogP contribution in [0.1, 0.15) is 74.8 Å². The maximum Gasteiger partial charge on any atom is 0.320 e. The van der Waals surface area contributed by atoms with E-state index in [1.54, 1.807) is 6.07 Å². The second-order valence-electron chi connectivity index (χ2n) is 13.4. The van der Waals surface area contributed by atoms with Crippen LogP contribution in [0.5, 0.6) is 0 Å². The molecule has 4 aliphatic rings. The highest BCUT2D eigenvalue weighted by Crippen LogP contribution is 2.54. The molecule has 3 atom stereocenters. The van der Waals surface area contributed by atoms with Gasteiger partial charge >= 0.3 is 5.97 Å². The molecule has 2 saturated carbocycles. The number of rotatable bonds is 11. The molecule has 2 heterocycles. The number of hydrogen-bond donors (Lipinski definition) is 1. The van der Waals surface area contributed by atoms with E-state index in [9.17, 15) is 14.3 Å². The maximum absolute atomic E-state index is 14.2. The van der Waals surface area contributed by atoms with Gasteiger partial charge in [-0.3, -0.25) is 9.69 Å². The Morgan fingerprint density at radius 3 is 2.38 bits per heavy atom. The Balaban J connectivity index is 1.07. The summed E-state index contributed by atoms with van der Waals surface area (Å²) in [5, 5.41) is 10.1. The third-order valence-electron chi connectivity index (χ3n) is 10.6. The number of nitrogens with zero attached hydrogens (tertiary/aromatic N) is 2. The molecule has 1 N–H and O–H groups in total. The van der Waals surface area contributed by atoms with Gasteiger partial charge in [0.25, 0.3) is 0 Å². The molecule has 0 bridgehead atoms. The van der Waals surface area contributed by atoms with E-state index in [2.05, 4.69) is 40.1 Å². The summed E-state index contributed by atoms with van der Waals surface area (Å²) in [6.45, 7) is 4.75. The van der Waals surface area contributed by atoms with Gasteiger partial charge in [0.1, 0.15) is 11.9 Å². The van der Waals surface area contributed by atoms with E-state index in [1.165, 1.54) is 56.6 Å². The van der Waals surface area contributed by atoms with Crippen LogP contribution in [0.4, 0.5) is 4.39 Å². The Labute approximate surface area is 233 Å². The van der Waals surface area contributed by atoms with E-state index in [-0.39, 0.29) is 11.7 Å². The third kappa shape index (κ3) is 6.57. The highest BCUT2D eigenvalue weighted by molar-refractivity contribution is 5.73. The van der Waals surface area contributed by atoms with Gasteiger partial charge in [-0.15, -0.1) is 0 Å². The molecule has 6 rings (SSSR count). The van der Waals surface area contributed by atoms with Crippen molar-refractivity contribution in [2.45, 2.75) is 76.2 Å². The van der Waals surface area contributed by atoms with Crippen LogP contribution in [-0.4, -0.2) is 59.6 Å². The van der Waals surface area contributed by atoms with Gasteiger partial charge < -0.3 is 10.0 Å². The topological polar surface area (TPSA) is 43.8 Å². The molecule has 2 aromatic carbocycles. The number of piperidine rings is 1. The maximum atomic E-state index is 14.2. The molecule has 2 aliphatic heterocycles. The Morgan fingerprint density at radius 1 is 0.974 bits per heavy atom. The number of halogens is 1. The first-order valence-corrected chi connectivity index (χ1v) is 15.4. The Morgan fingerprint density at radius 2 is 1.74 bits per heavy atom. The van der Waals surface area contributed by atoms with Crippen molar-refractivity contribution < 1.29 is 14.3 Å². The van der Waals surface area contributed by atoms with E-state index in [4.69, 9.17) is 0 Å². The largest absolute Gasteiger partial charge is 0.480 e. The van der Waals surface area contributed by atoms with Gasteiger partial charge in [0, 0.05) is 25.6 Å². The fourth-order valence-corrected chi connectivity index (χ4v) is 7.89. The monoisotopic (exact) mass is 532 g/mol. The van der Waals surface area contributed by atoms with Crippen LogP contribution in [0, 0.1) is 29.0 Å². The van der Waals surface area contributed by atoms with Crippen molar-refractivity contribution in [3.8, 4) is 0 Å². The lowest BCUT2D eigenvalue weighted by atomic mass is 9.80. The van der Waals surface area contributed by atoms with E-state index in [1.807, 2.05) is 12.1 Å². The highest BCUT2D eigenvalue weighted by Gasteiger charge is 2.45. The highest BCUT2D eigenvalue weighted by atomic mass is 19.1. The van der Waals surface area contributed by atoms with E-state index in [0.29, 0.717) is 17.3 Å². The number of carboxylic acid groups (broad SMARTS) is 1. The van der Waals surface area contributed by atoms with E-state index in [0.717, 1.165) is 63.5 Å². The molecule has 210 valence electrons. The Bertz CT molecular complexity index is 1110. The summed E-state index contributed by atoms with van der Waals surface area (Å²) in [6, 6.07) is 17.6. The predicted molar refractivity (Wildman–Crippen MR) is 153 cm³/mol. The fourth-order valence-electron chi connectivity index (χ4n) is 7.89. The lowest BCUT2D eigenvalue weighted by Gasteiger charge is -2.36. The third-order valence-corrected chi connectivity index (χ3v) is 10.6. The van der Waals surface area contributed by atoms with Crippen LogP contribution in [0.3, 0.4) is 0 Å². The van der Waals surface area contributed by atoms with E-state index < -0.39 is 12.0 Å². The van der Waals surface area contributed by atoms with Gasteiger partial charge in [0.15, 0.2) is 0 Å². The summed E-state index contributed by atoms with van der Waals surface area (Å²) < 4.78 is 14.2. The van der Waals surface area contributed by atoms with Crippen LogP contribution in [0.25, 0.3) is 0 Å². The van der Waals surface area contributed by atoms with Crippen molar-refractivity contribution in [3.63, 3.8) is 0 Å². The molecule has 2 aromatic rings. The summed E-state index contributed by atoms with van der Waals surface area (Å²) in [7, 11) is 0. The molecular formula is C34H45FN2O2. The van der Waals surface area contributed by atoms with Gasteiger partial charge in [-0.2, -0.15) is 0 Å². The van der Waals surface area contributed by atoms with Gasteiger partial charge in [-0.05, 0) is 104 Å². The number of hydrogen-bond acceptors (Lipinski definition) is 3. The molecule has 2 saturated heterocycles. The first-order chi connectivity index (χ1) is 19.0. The molecule has 39 heavy (non-hydrogen) atoms. The zero-order chi connectivity index (χ0) is 26.8. The number of aliphatic carboxylic acids is 1. The standard InChI is InChI=1S/C34H45FN2O2/c35-30-11-5-10-28(19-30)31-24-37(32(33(38)39)18-25-8-4-9-25)23-29(31)22-36-16-12-27(13-17-36)21-34(14-15-34)20-26-6-2-1-3-7-26/h1-3,5-7,10-11,19,25,27,29,31-32H,4,8-9,12-18,20-24H2,(H,38,39)/t29-,31+,32+/m0/s1. The summed E-state index contributed by atoms with van der Waals surface area (Å²) >= 11 is 0. The molecule has 0 unspecified atom stereocenters. The normalized spacial score (nSPS) is 26.8. The molecule has 5 heteroatoms. The number of likely N-dealkylation sites (tertiary alicyclic amines) is 2. The van der Waals surface area contributed by atoms with Crippen molar-refractivity contribution in [2.75, 3.05) is 32.7 Å². The first-order valence-electron chi connectivity index (χ1n) is 15.4. The minimum Gasteiger partial charge on any atom is -0.480 e. The first kappa shape index (κ1) is 27.0. The minimum absolute atomic E-state index is 0.183. The van der Waals surface area contributed by atoms with Gasteiger partial charge in [0.05, 0.1) is 0 Å². The smallest absolute Gasteiger partial charge is 0.320 e. The summed E-state index contributed by atoms with van der Waals surface area (Å²) in [4.78, 5) is 17.2. The fraction of sp³-hybridized carbons (Fsp3) is 0.618. The SMILES string of the molecule is O=C(O)[C@@H](CC1CCC1)N1C[C@H](CN2CCC(CC3(Cc4ccccc4)CC3)CC2)[C@@H](c2cccc(F)c2)C1. The van der Waals surface area contributed by atoms with Gasteiger partial charge in [0.2, 0.25) is 0 Å². The number of carbonyl (C=O) groups is 1. The lowest BCUT2D eigenvalue weighted by Crippen LogP contribution is -2.43. The van der Waals surface area contributed by atoms with Crippen molar-refractivity contribution in [2.24, 2.45) is 23.2 Å². The van der Waals surface area contributed by atoms with E-state index >= 15 is 0 Å². The second kappa shape index (κ2) is 11.7. The van der Waals surface area contributed by atoms with Crippen molar-refractivity contribution in [1.82, 2.24) is 9.80 Å². The molecule has 4 nitrogen and oxygen atoms in total. The molecule has 2 aliphatic carbocycles. The van der Waals surface area contributed by atoms with Crippen LogP contribution in [0.15, 0.2) is 54.6 Å². The molecule has 4 fully saturated rings. The molecule has 0 radical (unpaired) electrons. The van der Waals surface area contributed by atoms with Crippen molar-refractivity contribution in [3.05, 3.63) is 71.5 Å². The van der Waals surface area contributed by atoms with Crippen LogP contribution >= 0.6 is 0 Å². The zero-order valence-electron chi connectivity index (χ0n) is 23.3. The molecule has 0 aromatic heterocycles. The summed E-state index contributed by atoms with van der Waals surface area (Å²) in [6.07, 6.45) is 12.2. The predicted octanol–water partition coefficient (Wildman–Crippen LogP) is 6.61. The number of benzene rings is 2. The summed E-state index contributed by atoms with van der Waals surface area (Å²) in [5.74, 6) is 0.991. The second-order valence-corrected chi connectivity index (χ2v) is 13.4. The van der Waals surface area contributed by atoms with Gasteiger partial charge in [-0.1, -0.05) is 61.7 Å². The van der Waals surface area contributed by atoms with Crippen molar-refractivity contribution in [1.29, 1.82) is 0 Å². The Kier molecular flexibility index (Phi) is 8.09. The van der Waals surface area contributed by atoms with Crippen LogP contribution in [-0.2, 0) is 11.2 Å².